The highest BCUT2D eigenvalue weighted by Gasteiger charge is 2.35. The monoisotopic (exact) mass is 894 g/mol. The van der Waals surface area contributed by atoms with Crippen molar-refractivity contribution in [3.8, 4) is 0 Å². The maximum atomic E-state index is 14.0. The summed E-state index contributed by atoms with van der Waals surface area (Å²) >= 11 is 0. The molecule has 0 saturated carbocycles. The molecule has 0 aliphatic heterocycles. The number of aliphatic hydroxyl groups is 1. The van der Waals surface area contributed by atoms with Crippen LogP contribution in [-0.4, -0.2) is 118 Å². The van der Waals surface area contributed by atoms with Gasteiger partial charge in [-0.25, -0.2) is 9.80 Å². The first-order valence-electron chi connectivity index (χ1n) is 21.2. The summed E-state index contributed by atoms with van der Waals surface area (Å²) in [5.74, 6) is -6.67. The summed E-state index contributed by atoms with van der Waals surface area (Å²) in [6.45, 7) is 13.8. The summed E-state index contributed by atoms with van der Waals surface area (Å²) in [5, 5.41) is 18.8. The first kappa shape index (κ1) is 53.8. The molecule has 0 aromatic heterocycles. The second-order valence-corrected chi connectivity index (χ2v) is 17.3. The number of benzene rings is 2. The van der Waals surface area contributed by atoms with Crippen LogP contribution in [0.4, 0.5) is 4.79 Å². The number of ether oxygens (including phenoxy) is 3. The van der Waals surface area contributed by atoms with E-state index in [1.54, 1.807) is 92.8 Å². The van der Waals surface area contributed by atoms with Crippen molar-refractivity contribution in [3.63, 3.8) is 0 Å². The standard InChI is InChI=1S/C46H66N6O12/c1-11-30(2)39(49-44(61)62-29-33-20-16-13-17-21-33)42(59)47-34(22-25-37(56)63-45(4,5)6)41(58)48-40(31(3)53)43(60)50-52(28-38(57)64-46(7,8)9)36(55)24-23-35(54)51(10)27-26-32-18-14-12-15-19-32/h12-21,23-24,30-31,34,39-40,53H,11,22,25-29H2,1-10H3,(H,47,59)(H,48,58)(H,49,61)(H,50,60)/b24-23+/t30-,31+,34-,39-,40-/m0/s1. The first-order chi connectivity index (χ1) is 29.9. The average Bonchev–Trinajstić information content (AvgIpc) is 3.21. The Balaban J connectivity index is 2.34. The quantitative estimate of drug-likeness (QED) is 0.0526. The van der Waals surface area contributed by atoms with Gasteiger partial charge in [0.15, 0.2) is 0 Å². The summed E-state index contributed by atoms with van der Waals surface area (Å²) in [7, 11) is 1.54. The van der Waals surface area contributed by atoms with E-state index in [4.69, 9.17) is 14.2 Å². The molecular formula is C46H66N6O12. The molecule has 5 N–H and O–H groups in total. The lowest BCUT2D eigenvalue weighted by atomic mass is 9.97. The number of carbonyl (C=O) groups is 8. The van der Waals surface area contributed by atoms with Crippen LogP contribution in [0, 0.1) is 5.92 Å². The van der Waals surface area contributed by atoms with Crippen molar-refractivity contribution in [1.82, 2.24) is 31.3 Å². The predicted molar refractivity (Wildman–Crippen MR) is 236 cm³/mol. The molecule has 0 fully saturated rings. The van der Waals surface area contributed by atoms with Gasteiger partial charge in [-0.2, -0.15) is 0 Å². The average molecular weight is 895 g/mol. The van der Waals surface area contributed by atoms with Crippen molar-refractivity contribution in [2.24, 2.45) is 5.92 Å². The minimum Gasteiger partial charge on any atom is -0.460 e. The zero-order valence-corrected chi connectivity index (χ0v) is 38.6. The third kappa shape index (κ3) is 20.7. The van der Waals surface area contributed by atoms with Crippen molar-refractivity contribution in [2.75, 3.05) is 20.1 Å². The van der Waals surface area contributed by atoms with Crippen LogP contribution in [0.2, 0.25) is 0 Å². The molecule has 0 saturated heterocycles. The van der Waals surface area contributed by atoms with Gasteiger partial charge in [0.25, 0.3) is 11.8 Å². The Kier molecular flexibility index (Phi) is 21.6. The molecule has 0 unspecified atom stereocenters. The van der Waals surface area contributed by atoms with Gasteiger partial charge in [-0.05, 0) is 78.4 Å². The number of carbonyl (C=O) groups excluding carboxylic acids is 8. The van der Waals surface area contributed by atoms with E-state index in [0.717, 1.165) is 17.7 Å². The fourth-order valence-corrected chi connectivity index (χ4v) is 5.73. The third-order valence-corrected chi connectivity index (χ3v) is 9.28. The van der Waals surface area contributed by atoms with Gasteiger partial charge in [0.05, 0.1) is 6.10 Å². The summed E-state index contributed by atoms with van der Waals surface area (Å²) < 4.78 is 16.1. The molecule has 0 aliphatic rings. The molecule has 0 radical (unpaired) electrons. The molecule has 0 heterocycles. The molecular weight excluding hydrogens is 829 g/mol. The SMILES string of the molecule is CC[C@H](C)[C@H](NC(=O)OCc1ccccc1)C(=O)N[C@@H](CCC(=O)OC(C)(C)C)C(=O)N[C@H](C(=O)NN(CC(=O)OC(C)(C)C)C(=O)/C=C/C(=O)N(C)CCc1ccccc1)[C@@H](C)O. The van der Waals surface area contributed by atoms with Gasteiger partial charge < -0.3 is 40.2 Å². The van der Waals surface area contributed by atoms with Gasteiger partial charge in [0.1, 0.15) is 42.5 Å². The zero-order chi connectivity index (χ0) is 48.2. The maximum absolute atomic E-state index is 14.0. The highest BCUT2D eigenvalue weighted by molar-refractivity contribution is 5.99. The lowest BCUT2D eigenvalue weighted by molar-refractivity contribution is -0.161. The second-order valence-electron chi connectivity index (χ2n) is 17.3. The van der Waals surface area contributed by atoms with Gasteiger partial charge in [0, 0.05) is 32.2 Å². The van der Waals surface area contributed by atoms with Crippen LogP contribution in [0.5, 0.6) is 0 Å². The van der Waals surface area contributed by atoms with Gasteiger partial charge in [-0.15, -0.1) is 0 Å². The molecule has 2 aromatic rings. The molecule has 6 amide bonds. The molecule has 2 aromatic carbocycles. The number of alkyl carbamates (subject to hydrolysis) is 1. The fraction of sp³-hybridized carbons (Fsp3) is 0.522. The number of aliphatic hydroxyl groups excluding tert-OH is 1. The van der Waals surface area contributed by atoms with E-state index >= 15 is 0 Å². The summed E-state index contributed by atoms with van der Waals surface area (Å²) in [5.41, 5.74) is 2.08. The van der Waals surface area contributed by atoms with Gasteiger partial charge in [-0.3, -0.25) is 39.0 Å². The zero-order valence-electron chi connectivity index (χ0n) is 38.6. The van der Waals surface area contributed by atoms with E-state index < -0.39 is 95.5 Å². The van der Waals surface area contributed by atoms with Crippen molar-refractivity contribution in [2.45, 2.75) is 130 Å². The number of hydrogen-bond acceptors (Lipinski definition) is 12. The van der Waals surface area contributed by atoms with Crippen LogP contribution in [0.15, 0.2) is 72.8 Å². The maximum Gasteiger partial charge on any atom is 0.408 e. The van der Waals surface area contributed by atoms with Gasteiger partial charge in [-0.1, -0.05) is 80.9 Å². The van der Waals surface area contributed by atoms with Crippen LogP contribution in [-0.2, 0) is 60.8 Å². The van der Waals surface area contributed by atoms with Crippen LogP contribution < -0.4 is 21.4 Å². The molecule has 0 spiro atoms. The number of amides is 6. The summed E-state index contributed by atoms with van der Waals surface area (Å²) in [6.07, 6.45) is -0.452. The largest absolute Gasteiger partial charge is 0.460 e. The Labute approximate surface area is 375 Å². The Morgan fingerprint density at radius 2 is 1.25 bits per heavy atom. The number of esters is 2. The normalized spacial score (nSPS) is 13.8. The number of likely N-dealkylation sites (N-methyl/N-ethyl adjacent to an activating group) is 1. The third-order valence-electron chi connectivity index (χ3n) is 9.28. The topological polar surface area (TPSA) is 239 Å². The van der Waals surface area contributed by atoms with Crippen LogP contribution in [0.1, 0.15) is 92.7 Å². The molecule has 0 aliphatic carbocycles. The Hall–Kier alpha value is -6.30. The second kappa shape index (κ2) is 25.7. The molecule has 0 bridgehead atoms. The van der Waals surface area contributed by atoms with Crippen molar-refractivity contribution >= 4 is 47.6 Å². The smallest absolute Gasteiger partial charge is 0.408 e. The first-order valence-corrected chi connectivity index (χ1v) is 21.2. The van der Waals surface area contributed by atoms with Crippen molar-refractivity contribution < 1.29 is 57.7 Å². The fourth-order valence-electron chi connectivity index (χ4n) is 5.73. The number of nitrogens with zero attached hydrogens (tertiary/aromatic N) is 2. The lowest BCUT2D eigenvalue weighted by Crippen LogP contribution is -2.61. The Morgan fingerprint density at radius 3 is 1.80 bits per heavy atom. The molecule has 64 heavy (non-hydrogen) atoms. The Morgan fingerprint density at radius 1 is 0.703 bits per heavy atom. The number of hydrogen-bond donors (Lipinski definition) is 5. The number of rotatable bonds is 21. The van der Waals surface area contributed by atoms with Crippen molar-refractivity contribution in [3.05, 3.63) is 83.9 Å². The Bertz CT molecular complexity index is 1910. The van der Waals surface area contributed by atoms with Crippen LogP contribution in [0.25, 0.3) is 0 Å². The molecule has 352 valence electrons. The molecule has 18 heteroatoms. The van der Waals surface area contributed by atoms with E-state index in [-0.39, 0.29) is 19.4 Å². The van der Waals surface area contributed by atoms with E-state index in [9.17, 15) is 43.5 Å². The minimum atomic E-state index is -1.81. The number of nitrogens with one attached hydrogen (secondary N) is 4. The number of hydrazine groups is 1. The predicted octanol–water partition coefficient (Wildman–Crippen LogP) is 3.26. The molecule has 2 rings (SSSR count). The van der Waals surface area contributed by atoms with Gasteiger partial charge >= 0.3 is 18.0 Å². The molecule has 5 atom stereocenters. The highest BCUT2D eigenvalue weighted by Crippen LogP contribution is 2.14. The summed E-state index contributed by atoms with van der Waals surface area (Å²) in [6, 6.07) is 13.7. The molecule has 18 nitrogen and oxygen atoms in total. The van der Waals surface area contributed by atoms with Gasteiger partial charge in [0.2, 0.25) is 17.7 Å². The van der Waals surface area contributed by atoms with E-state index in [1.807, 2.05) is 30.3 Å². The highest BCUT2D eigenvalue weighted by atomic mass is 16.6. The van der Waals surface area contributed by atoms with Crippen LogP contribution >= 0.6 is 0 Å². The van der Waals surface area contributed by atoms with Crippen LogP contribution in [0.3, 0.4) is 0 Å². The van der Waals surface area contributed by atoms with E-state index in [0.29, 0.717) is 30.0 Å². The van der Waals surface area contributed by atoms with E-state index in [2.05, 4.69) is 21.4 Å². The minimum absolute atomic E-state index is 0.0764. The van der Waals surface area contributed by atoms with Crippen molar-refractivity contribution in [1.29, 1.82) is 0 Å². The summed E-state index contributed by atoms with van der Waals surface area (Å²) in [4.78, 5) is 108. The lowest BCUT2D eigenvalue weighted by Gasteiger charge is -2.29. The van der Waals surface area contributed by atoms with E-state index in [1.165, 1.54) is 11.8 Å².